The van der Waals surface area contributed by atoms with Gasteiger partial charge in [-0.25, -0.2) is 9.78 Å². The molecule has 0 spiro atoms. The van der Waals surface area contributed by atoms with Crippen LogP contribution < -0.4 is 0 Å². The van der Waals surface area contributed by atoms with E-state index in [1.807, 2.05) is 0 Å². The van der Waals surface area contributed by atoms with Gasteiger partial charge in [0.05, 0.1) is 13.7 Å². The van der Waals surface area contributed by atoms with Crippen LogP contribution in [0.5, 0.6) is 0 Å². The van der Waals surface area contributed by atoms with Crippen LogP contribution in [0.25, 0.3) is 0 Å². The molecule has 1 fully saturated rings. The molecule has 0 saturated carbocycles. The quantitative estimate of drug-likeness (QED) is 0.427. The highest BCUT2D eigenvalue weighted by Gasteiger charge is 2.19. The Morgan fingerprint density at radius 1 is 1.60 bits per heavy atom. The summed E-state index contributed by atoms with van der Waals surface area (Å²) < 4.78 is 0. The van der Waals surface area contributed by atoms with Gasteiger partial charge >= 0.3 is 0 Å². The maximum absolute atomic E-state index is 4.84. The van der Waals surface area contributed by atoms with Gasteiger partial charge in [-0.2, -0.15) is 0 Å². The van der Waals surface area contributed by atoms with E-state index in [2.05, 4.69) is 16.8 Å². The predicted molar refractivity (Wildman–Crippen MR) is 38.6 cm³/mol. The second-order valence-corrected chi connectivity index (χ2v) is 2.87. The molecule has 10 heavy (non-hydrogen) atoms. The minimum atomic E-state index is 0.671. The SMILES string of the molecule is COOCC1CCN(C)C1. The van der Waals surface area contributed by atoms with Crippen LogP contribution in [0.1, 0.15) is 6.42 Å². The van der Waals surface area contributed by atoms with Crippen LogP contribution in [-0.4, -0.2) is 38.8 Å². The Morgan fingerprint density at radius 2 is 2.40 bits per heavy atom. The number of hydrogen-bond acceptors (Lipinski definition) is 3. The van der Waals surface area contributed by atoms with E-state index in [1.54, 1.807) is 7.11 Å². The largest absolute Gasteiger partial charge is 0.306 e. The summed E-state index contributed by atoms with van der Waals surface area (Å²) in [5.41, 5.74) is 0. The van der Waals surface area contributed by atoms with Crippen LogP contribution >= 0.6 is 0 Å². The van der Waals surface area contributed by atoms with Gasteiger partial charge in [0.25, 0.3) is 0 Å². The molecule has 0 radical (unpaired) electrons. The van der Waals surface area contributed by atoms with E-state index in [0.29, 0.717) is 5.92 Å². The topological polar surface area (TPSA) is 21.7 Å². The molecule has 1 saturated heterocycles. The summed E-state index contributed by atoms with van der Waals surface area (Å²) in [5.74, 6) is 0.671. The number of rotatable bonds is 3. The van der Waals surface area contributed by atoms with Crippen molar-refractivity contribution in [3.05, 3.63) is 0 Å². The molecule has 0 bridgehead atoms. The van der Waals surface area contributed by atoms with E-state index in [-0.39, 0.29) is 0 Å². The first kappa shape index (κ1) is 7.98. The van der Waals surface area contributed by atoms with E-state index >= 15 is 0 Å². The fraction of sp³-hybridized carbons (Fsp3) is 1.00. The first-order valence-electron chi connectivity index (χ1n) is 3.67. The van der Waals surface area contributed by atoms with Gasteiger partial charge in [0.1, 0.15) is 0 Å². The van der Waals surface area contributed by atoms with Crippen molar-refractivity contribution in [3.63, 3.8) is 0 Å². The molecule has 1 rings (SSSR count). The number of likely N-dealkylation sites (tertiary alicyclic amines) is 1. The Hall–Kier alpha value is -0.120. The summed E-state index contributed by atoms with van der Waals surface area (Å²) in [4.78, 5) is 11.7. The van der Waals surface area contributed by atoms with Crippen LogP contribution in [0.15, 0.2) is 0 Å². The van der Waals surface area contributed by atoms with Gasteiger partial charge < -0.3 is 4.90 Å². The van der Waals surface area contributed by atoms with E-state index in [0.717, 1.165) is 13.2 Å². The average Bonchev–Trinajstić information content (AvgIpc) is 2.31. The van der Waals surface area contributed by atoms with E-state index in [1.165, 1.54) is 13.0 Å². The zero-order chi connectivity index (χ0) is 7.40. The molecule has 0 aliphatic carbocycles. The van der Waals surface area contributed by atoms with Crippen molar-refractivity contribution in [2.45, 2.75) is 6.42 Å². The van der Waals surface area contributed by atoms with Crippen molar-refractivity contribution in [1.82, 2.24) is 4.90 Å². The van der Waals surface area contributed by atoms with Gasteiger partial charge in [0, 0.05) is 6.54 Å². The minimum Gasteiger partial charge on any atom is -0.306 e. The highest BCUT2D eigenvalue weighted by atomic mass is 17.2. The summed E-state index contributed by atoms with van der Waals surface area (Å²) in [6.07, 6.45) is 1.24. The second-order valence-electron chi connectivity index (χ2n) is 2.87. The normalized spacial score (nSPS) is 27.6. The molecule has 3 heteroatoms. The second kappa shape index (κ2) is 3.91. The molecule has 0 aromatic carbocycles. The van der Waals surface area contributed by atoms with Crippen molar-refractivity contribution in [2.24, 2.45) is 5.92 Å². The van der Waals surface area contributed by atoms with Gasteiger partial charge in [0.15, 0.2) is 0 Å². The first-order chi connectivity index (χ1) is 4.83. The van der Waals surface area contributed by atoms with Crippen molar-refractivity contribution in [1.29, 1.82) is 0 Å². The molecule has 1 aliphatic rings. The van der Waals surface area contributed by atoms with E-state index < -0.39 is 0 Å². The summed E-state index contributed by atoms with van der Waals surface area (Å²) in [5, 5.41) is 0. The summed E-state index contributed by atoms with van der Waals surface area (Å²) in [6, 6.07) is 0. The predicted octanol–water partition coefficient (Wildman–Crippen LogP) is 0.516. The lowest BCUT2D eigenvalue weighted by Crippen LogP contribution is -2.16. The molecule has 1 atom stereocenters. The van der Waals surface area contributed by atoms with Crippen molar-refractivity contribution >= 4 is 0 Å². The number of hydrogen-bond donors (Lipinski definition) is 0. The Kier molecular flexibility index (Phi) is 3.12. The van der Waals surface area contributed by atoms with Gasteiger partial charge in [0.2, 0.25) is 0 Å². The number of nitrogens with zero attached hydrogens (tertiary/aromatic N) is 1. The Labute approximate surface area is 61.8 Å². The third-order valence-corrected chi connectivity index (χ3v) is 1.91. The van der Waals surface area contributed by atoms with Gasteiger partial charge in [-0.15, -0.1) is 0 Å². The van der Waals surface area contributed by atoms with Crippen LogP contribution in [0.4, 0.5) is 0 Å². The van der Waals surface area contributed by atoms with E-state index in [9.17, 15) is 0 Å². The fourth-order valence-electron chi connectivity index (χ4n) is 1.33. The highest BCUT2D eigenvalue weighted by molar-refractivity contribution is 4.71. The van der Waals surface area contributed by atoms with Gasteiger partial charge in [-0.3, -0.25) is 0 Å². The molecular weight excluding hydrogens is 130 g/mol. The maximum atomic E-state index is 4.84. The lowest BCUT2D eigenvalue weighted by molar-refractivity contribution is -0.279. The van der Waals surface area contributed by atoms with Crippen LogP contribution in [0.2, 0.25) is 0 Å². The monoisotopic (exact) mass is 145 g/mol. The van der Waals surface area contributed by atoms with Gasteiger partial charge in [-0.05, 0) is 25.9 Å². The third-order valence-electron chi connectivity index (χ3n) is 1.91. The summed E-state index contributed by atoms with van der Waals surface area (Å²) in [6.45, 7) is 3.07. The molecule has 1 heterocycles. The van der Waals surface area contributed by atoms with Crippen LogP contribution in [0.3, 0.4) is 0 Å². The fourth-order valence-corrected chi connectivity index (χ4v) is 1.33. The van der Waals surface area contributed by atoms with Crippen molar-refractivity contribution in [2.75, 3.05) is 33.9 Å². The maximum Gasteiger partial charge on any atom is 0.0863 e. The standard InChI is InChI=1S/C7H15NO2/c1-8-4-3-7(5-8)6-10-9-2/h7H,3-6H2,1-2H3. The molecule has 3 nitrogen and oxygen atoms in total. The van der Waals surface area contributed by atoms with Crippen LogP contribution in [0, 0.1) is 5.92 Å². The molecule has 60 valence electrons. The smallest absolute Gasteiger partial charge is 0.0863 e. The highest BCUT2D eigenvalue weighted by Crippen LogP contribution is 2.13. The Morgan fingerprint density at radius 3 is 2.90 bits per heavy atom. The molecule has 0 aromatic rings. The third kappa shape index (κ3) is 2.25. The zero-order valence-electron chi connectivity index (χ0n) is 6.67. The molecule has 0 aromatic heterocycles. The molecule has 1 unspecified atom stereocenters. The molecular formula is C7H15NO2. The zero-order valence-corrected chi connectivity index (χ0v) is 6.67. The summed E-state index contributed by atoms with van der Waals surface area (Å²) in [7, 11) is 3.69. The Balaban J connectivity index is 2.06. The average molecular weight is 145 g/mol. The van der Waals surface area contributed by atoms with Crippen molar-refractivity contribution in [3.8, 4) is 0 Å². The van der Waals surface area contributed by atoms with Gasteiger partial charge in [-0.1, -0.05) is 0 Å². The molecule has 1 aliphatic heterocycles. The lowest BCUT2D eigenvalue weighted by atomic mass is 10.1. The Bertz CT molecular complexity index is 97.6. The first-order valence-corrected chi connectivity index (χ1v) is 3.67. The molecule has 0 N–H and O–H groups in total. The summed E-state index contributed by atoms with van der Waals surface area (Å²) >= 11 is 0. The molecule has 0 amide bonds. The lowest BCUT2D eigenvalue weighted by Gasteiger charge is -2.08. The van der Waals surface area contributed by atoms with Crippen LogP contribution in [-0.2, 0) is 9.78 Å². The van der Waals surface area contributed by atoms with Crippen molar-refractivity contribution < 1.29 is 9.78 Å². The minimum absolute atomic E-state index is 0.671. The van der Waals surface area contributed by atoms with E-state index in [4.69, 9.17) is 4.89 Å².